The molecule has 0 radical (unpaired) electrons. The summed E-state index contributed by atoms with van der Waals surface area (Å²) in [5.41, 5.74) is 0.131. The normalized spacial score (nSPS) is 21.5. The Labute approximate surface area is 100 Å². The van der Waals surface area contributed by atoms with E-state index in [-0.39, 0.29) is 17.5 Å². The van der Waals surface area contributed by atoms with Crippen LogP contribution >= 0.6 is 0 Å². The maximum Gasteiger partial charge on any atom is 0.270 e. The Morgan fingerprint density at radius 2 is 2.18 bits per heavy atom. The zero-order valence-electron chi connectivity index (χ0n) is 10.1. The van der Waals surface area contributed by atoms with Crippen molar-refractivity contribution < 1.29 is 4.79 Å². The van der Waals surface area contributed by atoms with Crippen molar-refractivity contribution in [2.45, 2.75) is 13.0 Å². The second kappa shape index (κ2) is 4.71. The van der Waals surface area contributed by atoms with Gasteiger partial charge in [0.2, 0.25) is 5.56 Å². The first-order valence-corrected chi connectivity index (χ1v) is 5.77. The van der Waals surface area contributed by atoms with Gasteiger partial charge < -0.3 is 14.8 Å². The molecule has 1 fully saturated rings. The molecule has 5 heteroatoms. The van der Waals surface area contributed by atoms with Gasteiger partial charge in [-0.1, -0.05) is 6.07 Å². The van der Waals surface area contributed by atoms with Gasteiger partial charge in [-0.05, 0) is 20.0 Å². The lowest BCUT2D eigenvalue weighted by atomic mass is 10.2. The van der Waals surface area contributed by atoms with E-state index >= 15 is 0 Å². The van der Waals surface area contributed by atoms with Crippen molar-refractivity contribution >= 4 is 5.91 Å². The van der Waals surface area contributed by atoms with Crippen LogP contribution in [-0.4, -0.2) is 53.4 Å². The summed E-state index contributed by atoms with van der Waals surface area (Å²) >= 11 is 0. The van der Waals surface area contributed by atoms with Crippen molar-refractivity contribution in [3.8, 4) is 0 Å². The van der Waals surface area contributed by atoms with Crippen molar-refractivity contribution in [3.63, 3.8) is 0 Å². The van der Waals surface area contributed by atoms with E-state index in [1.165, 1.54) is 6.07 Å². The number of pyridine rings is 1. The zero-order chi connectivity index (χ0) is 12.4. The SMILES string of the molecule is CC1CN(C)CCN1C(=O)c1cccc(=O)[nH]1. The highest BCUT2D eigenvalue weighted by Gasteiger charge is 2.26. The van der Waals surface area contributed by atoms with Crippen LogP contribution in [0.1, 0.15) is 17.4 Å². The molecular weight excluding hydrogens is 218 g/mol. The van der Waals surface area contributed by atoms with Crippen LogP contribution in [0.5, 0.6) is 0 Å². The Morgan fingerprint density at radius 1 is 1.41 bits per heavy atom. The maximum atomic E-state index is 12.2. The molecule has 5 nitrogen and oxygen atoms in total. The second-order valence-corrected chi connectivity index (χ2v) is 4.54. The number of H-pyrrole nitrogens is 1. The fraction of sp³-hybridized carbons (Fsp3) is 0.500. The molecule has 1 saturated heterocycles. The Kier molecular flexibility index (Phi) is 3.28. The summed E-state index contributed by atoms with van der Waals surface area (Å²) in [5.74, 6) is -0.0942. The molecule has 1 aliphatic heterocycles. The molecule has 0 aliphatic carbocycles. The number of carbonyl (C=O) groups excluding carboxylic acids is 1. The van der Waals surface area contributed by atoms with Crippen LogP contribution in [-0.2, 0) is 0 Å². The Balaban J connectivity index is 2.18. The number of carbonyl (C=O) groups is 1. The third kappa shape index (κ3) is 2.55. The third-order valence-electron chi connectivity index (χ3n) is 3.09. The van der Waals surface area contributed by atoms with E-state index in [9.17, 15) is 9.59 Å². The summed E-state index contributed by atoms with van der Waals surface area (Å²) in [6.07, 6.45) is 0. The predicted molar refractivity (Wildman–Crippen MR) is 65.1 cm³/mol. The molecule has 2 heterocycles. The molecule has 92 valence electrons. The summed E-state index contributed by atoms with van der Waals surface area (Å²) in [5, 5.41) is 0. The number of aromatic nitrogens is 1. The van der Waals surface area contributed by atoms with Gasteiger partial charge in [-0.2, -0.15) is 0 Å². The monoisotopic (exact) mass is 235 g/mol. The number of hydrogen-bond donors (Lipinski definition) is 1. The van der Waals surface area contributed by atoms with Gasteiger partial charge in [-0.25, -0.2) is 0 Å². The van der Waals surface area contributed by atoms with Crippen LogP contribution < -0.4 is 5.56 Å². The average Bonchev–Trinajstić information content (AvgIpc) is 2.28. The van der Waals surface area contributed by atoms with Crippen molar-refractivity contribution in [2.75, 3.05) is 26.7 Å². The van der Waals surface area contributed by atoms with E-state index in [0.29, 0.717) is 12.2 Å². The van der Waals surface area contributed by atoms with Gasteiger partial charge in [0.15, 0.2) is 0 Å². The van der Waals surface area contributed by atoms with E-state index in [2.05, 4.69) is 9.88 Å². The lowest BCUT2D eigenvalue weighted by Gasteiger charge is -2.38. The van der Waals surface area contributed by atoms with Crippen molar-refractivity contribution in [1.29, 1.82) is 0 Å². The standard InChI is InChI=1S/C12H17N3O2/c1-9-8-14(2)6-7-15(9)12(17)10-4-3-5-11(16)13-10/h3-5,9H,6-8H2,1-2H3,(H,13,16). The van der Waals surface area contributed by atoms with Gasteiger partial charge in [0.1, 0.15) is 5.69 Å². The minimum atomic E-state index is -0.238. The minimum Gasteiger partial charge on any atom is -0.332 e. The first-order valence-electron chi connectivity index (χ1n) is 5.77. The molecule has 0 saturated carbocycles. The summed E-state index contributed by atoms with van der Waals surface area (Å²) in [7, 11) is 2.04. The number of aromatic amines is 1. The Bertz CT molecular complexity index is 469. The molecule has 0 spiro atoms. The molecular formula is C12H17N3O2. The predicted octanol–water partition coefficient (Wildman–Crippen LogP) is 0.151. The van der Waals surface area contributed by atoms with Crippen LogP contribution in [0.4, 0.5) is 0 Å². The first-order chi connectivity index (χ1) is 8.08. The van der Waals surface area contributed by atoms with Gasteiger partial charge in [0.25, 0.3) is 5.91 Å². The summed E-state index contributed by atoms with van der Waals surface area (Å²) in [6.45, 7) is 4.46. The van der Waals surface area contributed by atoms with E-state index < -0.39 is 0 Å². The van der Waals surface area contributed by atoms with E-state index in [4.69, 9.17) is 0 Å². The third-order valence-corrected chi connectivity index (χ3v) is 3.09. The smallest absolute Gasteiger partial charge is 0.270 e. The number of likely N-dealkylation sites (N-methyl/N-ethyl adjacent to an activating group) is 1. The number of nitrogens with one attached hydrogen (secondary N) is 1. The second-order valence-electron chi connectivity index (χ2n) is 4.54. The number of rotatable bonds is 1. The van der Waals surface area contributed by atoms with E-state index in [1.807, 2.05) is 18.9 Å². The molecule has 0 aromatic carbocycles. The number of nitrogens with zero attached hydrogens (tertiary/aromatic N) is 2. The molecule has 1 aromatic heterocycles. The van der Waals surface area contributed by atoms with Crippen molar-refractivity contribution in [2.24, 2.45) is 0 Å². The van der Waals surface area contributed by atoms with Crippen LogP contribution in [0.2, 0.25) is 0 Å². The molecule has 1 N–H and O–H groups in total. The molecule has 1 atom stereocenters. The highest BCUT2D eigenvalue weighted by molar-refractivity contribution is 5.92. The Hall–Kier alpha value is -1.62. The lowest BCUT2D eigenvalue weighted by Crippen LogP contribution is -2.53. The average molecular weight is 235 g/mol. The lowest BCUT2D eigenvalue weighted by molar-refractivity contribution is 0.0527. The highest BCUT2D eigenvalue weighted by atomic mass is 16.2. The molecule has 2 rings (SSSR count). The number of amides is 1. The van der Waals surface area contributed by atoms with Gasteiger partial charge in [-0.3, -0.25) is 9.59 Å². The minimum absolute atomic E-state index is 0.0942. The first kappa shape index (κ1) is 11.9. The Morgan fingerprint density at radius 3 is 2.82 bits per heavy atom. The van der Waals surface area contributed by atoms with Crippen LogP contribution in [0.15, 0.2) is 23.0 Å². The fourth-order valence-corrected chi connectivity index (χ4v) is 2.17. The van der Waals surface area contributed by atoms with Gasteiger partial charge in [0.05, 0.1) is 0 Å². The summed E-state index contributed by atoms with van der Waals surface area (Å²) < 4.78 is 0. The molecule has 1 aromatic rings. The van der Waals surface area contributed by atoms with Gasteiger partial charge in [0, 0.05) is 31.7 Å². The van der Waals surface area contributed by atoms with Gasteiger partial charge in [-0.15, -0.1) is 0 Å². The molecule has 1 aliphatic rings. The van der Waals surface area contributed by atoms with Crippen LogP contribution in [0, 0.1) is 0 Å². The summed E-state index contributed by atoms with van der Waals surface area (Å²) in [4.78, 5) is 30.0. The maximum absolute atomic E-state index is 12.2. The van der Waals surface area contributed by atoms with Crippen molar-refractivity contribution in [1.82, 2.24) is 14.8 Å². The molecule has 1 amide bonds. The van der Waals surface area contributed by atoms with Crippen LogP contribution in [0.3, 0.4) is 0 Å². The summed E-state index contributed by atoms with van der Waals surface area (Å²) in [6, 6.07) is 4.83. The van der Waals surface area contributed by atoms with E-state index in [0.717, 1.165) is 13.1 Å². The van der Waals surface area contributed by atoms with E-state index in [1.54, 1.807) is 12.1 Å². The van der Waals surface area contributed by atoms with Crippen LogP contribution in [0.25, 0.3) is 0 Å². The highest BCUT2D eigenvalue weighted by Crippen LogP contribution is 2.11. The molecule has 17 heavy (non-hydrogen) atoms. The molecule has 0 bridgehead atoms. The number of piperazine rings is 1. The molecule has 1 unspecified atom stereocenters. The topological polar surface area (TPSA) is 56.4 Å². The quantitative estimate of drug-likeness (QED) is 0.754. The zero-order valence-corrected chi connectivity index (χ0v) is 10.1. The van der Waals surface area contributed by atoms with Gasteiger partial charge >= 0.3 is 0 Å². The number of hydrogen-bond acceptors (Lipinski definition) is 3. The fourth-order valence-electron chi connectivity index (χ4n) is 2.17. The van der Waals surface area contributed by atoms with Crippen molar-refractivity contribution in [3.05, 3.63) is 34.2 Å². The largest absolute Gasteiger partial charge is 0.332 e.